The van der Waals surface area contributed by atoms with Crippen molar-refractivity contribution in [2.24, 2.45) is 0 Å². The second kappa shape index (κ2) is 9.32. The number of hydrogen-bond acceptors (Lipinski definition) is 7. The molecule has 172 valence electrons. The number of ether oxygens (including phenoxy) is 6. The monoisotopic (exact) mass is 450 g/mol. The first kappa shape index (κ1) is 22.3. The molecule has 0 amide bonds. The third-order valence-electron chi connectivity index (χ3n) is 5.80. The van der Waals surface area contributed by atoms with Crippen LogP contribution in [0.5, 0.6) is 28.7 Å². The first-order chi connectivity index (χ1) is 16.0. The molecule has 0 fully saturated rings. The molecule has 0 radical (unpaired) electrons. The van der Waals surface area contributed by atoms with Crippen molar-refractivity contribution in [1.82, 2.24) is 0 Å². The van der Waals surface area contributed by atoms with Crippen LogP contribution in [0.1, 0.15) is 39.1 Å². The molecule has 7 heteroatoms. The third-order valence-corrected chi connectivity index (χ3v) is 5.80. The maximum absolute atomic E-state index is 12.8. The Balaban J connectivity index is 1.95. The largest absolute Gasteiger partial charge is 0.497 e. The van der Waals surface area contributed by atoms with Gasteiger partial charge in [-0.2, -0.15) is 0 Å². The van der Waals surface area contributed by atoms with Crippen LogP contribution in [0.15, 0.2) is 54.6 Å². The standard InChI is InChI=1S/C26H26O7/c1-28-17-8-6-15(7-9-17)25-23(16-10-18(29-2)12-19(11-16)30-3)24-21(26(27)32-5)13-20(31-4)14-22(24)33-25/h6-14,23,25H,1-5H3. The summed E-state index contributed by atoms with van der Waals surface area (Å²) in [6.07, 6.45) is -0.418. The third kappa shape index (κ3) is 4.14. The first-order valence-corrected chi connectivity index (χ1v) is 10.4. The van der Waals surface area contributed by atoms with Crippen LogP contribution >= 0.6 is 0 Å². The number of rotatable bonds is 7. The molecular weight excluding hydrogens is 424 g/mol. The van der Waals surface area contributed by atoms with Gasteiger partial charge in [-0.1, -0.05) is 12.1 Å². The average Bonchev–Trinajstić information content (AvgIpc) is 3.26. The summed E-state index contributed by atoms with van der Waals surface area (Å²) in [4.78, 5) is 12.8. The fourth-order valence-corrected chi connectivity index (χ4v) is 4.18. The number of carbonyl (C=O) groups is 1. The summed E-state index contributed by atoms with van der Waals surface area (Å²) in [7, 11) is 7.72. The van der Waals surface area contributed by atoms with Crippen molar-refractivity contribution in [3.05, 3.63) is 76.9 Å². The van der Waals surface area contributed by atoms with E-state index in [-0.39, 0.29) is 5.92 Å². The fourth-order valence-electron chi connectivity index (χ4n) is 4.18. The second-order valence-electron chi connectivity index (χ2n) is 7.51. The molecule has 3 aromatic rings. The lowest BCUT2D eigenvalue weighted by Gasteiger charge is -2.22. The molecule has 0 bridgehead atoms. The Morgan fingerprint density at radius 3 is 1.82 bits per heavy atom. The maximum Gasteiger partial charge on any atom is 0.338 e. The topological polar surface area (TPSA) is 72.5 Å². The van der Waals surface area contributed by atoms with Crippen LogP contribution < -0.4 is 23.7 Å². The first-order valence-electron chi connectivity index (χ1n) is 10.4. The summed E-state index contributed by atoms with van der Waals surface area (Å²) in [6.45, 7) is 0. The second-order valence-corrected chi connectivity index (χ2v) is 7.51. The van der Waals surface area contributed by atoms with Crippen LogP contribution in [0.3, 0.4) is 0 Å². The Kier molecular flexibility index (Phi) is 6.31. The molecule has 0 saturated heterocycles. The summed E-state index contributed by atoms with van der Waals surface area (Å²) in [5.41, 5.74) is 2.91. The Morgan fingerprint density at radius 2 is 1.27 bits per heavy atom. The summed E-state index contributed by atoms with van der Waals surface area (Å²) >= 11 is 0. The zero-order chi connectivity index (χ0) is 23.5. The van der Waals surface area contributed by atoms with Crippen molar-refractivity contribution in [2.75, 3.05) is 35.5 Å². The van der Waals surface area contributed by atoms with Crippen molar-refractivity contribution >= 4 is 5.97 Å². The Morgan fingerprint density at radius 1 is 0.697 bits per heavy atom. The van der Waals surface area contributed by atoms with Gasteiger partial charge in [0.05, 0.1) is 47.0 Å². The summed E-state index contributed by atoms with van der Waals surface area (Å²) in [5, 5.41) is 0. The summed E-state index contributed by atoms with van der Waals surface area (Å²) in [6, 6.07) is 16.8. The highest BCUT2D eigenvalue weighted by atomic mass is 16.5. The van der Waals surface area contributed by atoms with Crippen LogP contribution in [0.25, 0.3) is 0 Å². The number of fused-ring (bicyclic) bond motifs is 1. The van der Waals surface area contributed by atoms with E-state index in [1.54, 1.807) is 46.6 Å². The van der Waals surface area contributed by atoms with Crippen LogP contribution in [0, 0.1) is 0 Å². The molecule has 1 heterocycles. The van der Waals surface area contributed by atoms with Gasteiger partial charge in [0.2, 0.25) is 0 Å². The van der Waals surface area contributed by atoms with Gasteiger partial charge in [-0.05, 0) is 41.5 Å². The lowest BCUT2D eigenvalue weighted by atomic mass is 9.82. The van der Waals surface area contributed by atoms with Crippen LogP contribution in [-0.4, -0.2) is 41.5 Å². The van der Waals surface area contributed by atoms with Crippen LogP contribution in [0.2, 0.25) is 0 Å². The Bertz CT molecular complexity index is 1130. The quantitative estimate of drug-likeness (QED) is 0.480. The molecule has 0 aromatic heterocycles. The van der Waals surface area contributed by atoms with E-state index in [9.17, 15) is 4.79 Å². The molecule has 3 aromatic carbocycles. The van der Waals surface area contributed by atoms with Gasteiger partial charge in [0.15, 0.2) is 0 Å². The van der Waals surface area contributed by atoms with Gasteiger partial charge >= 0.3 is 5.97 Å². The van der Waals surface area contributed by atoms with E-state index in [0.29, 0.717) is 28.6 Å². The summed E-state index contributed by atoms with van der Waals surface area (Å²) < 4.78 is 33.3. The van der Waals surface area contributed by atoms with Crippen molar-refractivity contribution in [1.29, 1.82) is 0 Å². The molecule has 4 rings (SSSR count). The lowest BCUT2D eigenvalue weighted by Crippen LogP contribution is -2.14. The molecule has 0 saturated carbocycles. The van der Waals surface area contributed by atoms with Gasteiger partial charge in [-0.3, -0.25) is 0 Å². The Labute approximate surface area is 192 Å². The highest BCUT2D eigenvalue weighted by Crippen LogP contribution is 2.53. The minimum absolute atomic E-state index is 0.336. The summed E-state index contributed by atoms with van der Waals surface area (Å²) in [5.74, 6) is 2.28. The van der Waals surface area contributed by atoms with Gasteiger partial charge in [-0.15, -0.1) is 0 Å². The van der Waals surface area contributed by atoms with E-state index in [0.717, 1.165) is 22.4 Å². The van der Waals surface area contributed by atoms with Crippen LogP contribution in [-0.2, 0) is 4.74 Å². The number of esters is 1. The molecule has 0 spiro atoms. The zero-order valence-electron chi connectivity index (χ0n) is 19.2. The van der Waals surface area contributed by atoms with Gasteiger partial charge in [0.1, 0.15) is 34.9 Å². The van der Waals surface area contributed by atoms with E-state index < -0.39 is 12.1 Å². The van der Waals surface area contributed by atoms with Gasteiger partial charge in [0, 0.05) is 17.7 Å². The normalized spacial score (nSPS) is 16.4. The highest BCUT2D eigenvalue weighted by Gasteiger charge is 2.41. The van der Waals surface area contributed by atoms with Crippen molar-refractivity contribution in [2.45, 2.75) is 12.0 Å². The molecule has 33 heavy (non-hydrogen) atoms. The smallest absolute Gasteiger partial charge is 0.338 e. The molecule has 0 N–H and O–H groups in total. The average molecular weight is 450 g/mol. The van der Waals surface area contributed by atoms with Crippen molar-refractivity contribution in [3.63, 3.8) is 0 Å². The Hall–Kier alpha value is -3.87. The fraction of sp³-hybridized carbons (Fsp3) is 0.269. The van der Waals surface area contributed by atoms with E-state index in [4.69, 9.17) is 28.4 Å². The number of carbonyl (C=O) groups excluding carboxylic acids is 1. The lowest BCUT2D eigenvalue weighted by molar-refractivity contribution is 0.0599. The molecule has 0 aliphatic carbocycles. The molecular formula is C26H26O7. The van der Waals surface area contributed by atoms with E-state index in [2.05, 4.69) is 0 Å². The maximum atomic E-state index is 12.8. The molecule has 1 aliphatic heterocycles. The zero-order valence-corrected chi connectivity index (χ0v) is 19.2. The number of methoxy groups -OCH3 is 5. The molecule has 7 nitrogen and oxygen atoms in total. The molecule has 2 atom stereocenters. The predicted octanol–water partition coefficient (Wildman–Crippen LogP) is 4.77. The van der Waals surface area contributed by atoms with Crippen molar-refractivity contribution < 1.29 is 33.2 Å². The van der Waals surface area contributed by atoms with Gasteiger partial charge < -0.3 is 28.4 Å². The SMILES string of the molecule is COC(=O)c1cc(OC)cc2c1C(c1cc(OC)cc(OC)c1)C(c1ccc(OC)cc1)O2. The van der Waals surface area contributed by atoms with Gasteiger partial charge in [0.25, 0.3) is 0 Å². The van der Waals surface area contributed by atoms with Crippen LogP contribution in [0.4, 0.5) is 0 Å². The molecule has 1 aliphatic rings. The van der Waals surface area contributed by atoms with E-state index >= 15 is 0 Å². The predicted molar refractivity (Wildman–Crippen MR) is 122 cm³/mol. The van der Waals surface area contributed by atoms with E-state index in [1.165, 1.54) is 7.11 Å². The minimum Gasteiger partial charge on any atom is -0.497 e. The molecule has 2 unspecified atom stereocenters. The number of hydrogen-bond donors (Lipinski definition) is 0. The van der Waals surface area contributed by atoms with Crippen molar-refractivity contribution in [3.8, 4) is 28.7 Å². The van der Waals surface area contributed by atoms with E-state index in [1.807, 2.05) is 36.4 Å². The minimum atomic E-state index is -0.469. The number of benzene rings is 3. The highest BCUT2D eigenvalue weighted by molar-refractivity contribution is 5.93. The van der Waals surface area contributed by atoms with Gasteiger partial charge in [-0.25, -0.2) is 4.79 Å².